The summed E-state index contributed by atoms with van der Waals surface area (Å²) >= 11 is 0. The van der Waals surface area contributed by atoms with E-state index >= 15 is 0 Å². The van der Waals surface area contributed by atoms with Gasteiger partial charge in [0.15, 0.2) is 0 Å². The van der Waals surface area contributed by atoms with Gasteiger partial charge in [-0.2, -0.15) is 0 Å². The van der Waals surface area contributed by atoms with Crippen LogP contribution in [0.2, 0.25) is 0 Å². The Bertz CT molecular complexity index is 1020. The number of likely N-dealkylation sites (tertiary alicyclic amines) is 1. The summed E-state index contributed by atoms with van der Waals surface area (Å²) < 4.78 is 11.9. The molecule has 0 N–H and O–H groups in total. The molecule has 1 saturated carbocycles. The molecule has 5 nitrogen and oxygen atoms in total. The lowest BCUT2D eigenvalue weighted by atomic mass is 9.84. The van der Waals surface area contributed by atoms with Crippen molar-refractivity contribution in [1.29, 1.82) is 0 Å². The predicted octanol–water partition coefficient (Wildman–Crippen LogP) is 5.71. The molecule has 2 heterocycles. The third kappa shape index (κ3) is 4.77. The number of para-hydroxylation sites is 1. The van der Waals surface area contributed by atoms with Gasteiger partial charge in [0, 0.05) is 49.7 Å². The molecule has 2 aliphatic rings. The van der Waals surface area contributed by atoms with E-state index in [1.165, 1.54) is 6.42 Å². The van der Waals surface area contributed by atoms with E-state index in [0.29, 0.717) is 11.8 Å². The molecule has 1 aliphatic carbocycles. The monoisotopic (exact) mass is 428 g/mol. The number of pyridine rings is 1. The third-order valence-corrected chi connectivity index (χ3v) is 6.40. The Hall–Kier alpha value is -3.34. The van der Waals surface area contributed by atoms with Crippen LogP contribution in [-0.2, 0) is 4.79 Å². The highest BCUT2D eigenvalue weighted by Crippen LogP contribution is 2.30. The maximum absolute atomic E-state index is 12.4. The smallest absolute Gasteiger partial charge is 0.225 e. The van der Waals surface area contributed by atoms with Gasteiger partial charge in [0.25, 0.3) is 0 Å². The number of hydrogen-bond acceptors (Lipinski definition) is 4. The number of carbonyl (C=O) groups excluding carboxylic acids is 1. The quantitative estimate of drug-likeness (QED) is 0.505. The summed E-state index contributed by atoms with van der Waals surface area (Å²) in [6.45, 7) is 1.61. The molecule has 1 aliphatic heterocycles. The van der Waals surface area contributed by atoms with Crippen molar-refractivity contribution in [1.82, 2.24) is 9.88 Å². The normalized spacial score (nSPS) is 16.9. The van der Waals surface area contributed by atoms with E-state index in [4.69, 9.17) is 9.47 Å². The maximum atomic E-state index is 12.4. The van der Waals surface area contributed by atoms with E-state index in [2.05, 4.69) is 17.1 Å². The van der Waals surface area contributed by atoms with Crippen LogP contribution < -0.4 is 9.47 Å². The van der Waals surface area contributed by atoms with Gasteiger partial charge in [-0.15, -0.1) is 0 Å². The molecular formula is C27H28N2O3. The average molecular weight is 429 g/mol. The fourth-order valence-electron chi connectivity index (χ4n) is 4.25. The van der Waals surface area contributed by atoms with Crippen molar-refractivity contribution < 1.29 is 14.3 Å². The summed E-state index contributed by atoms with van der Waals surface area (Å²) in [6.07, 6.45) is 7.12. The molecule has 0 atom stereocenters. The van der Waals surface area contributed by atoms with Crippen molar-refractivity contribution in [3.05, 3.63) is 72.9 Å². The van der Waals surface area contributed by atoms with E-state index in [-0.39, 0.29) is 12.0 Å². The summed E-state index contributed by atoms with van der Waals surface area (Å²) in [5.41, 5.74) is 2.11. The van der Waals surface area contributed by atoms with Crippen molar-refractivity contribution in [3.8, 4) is 28.5 Å². The standard InChI is InChI=1S/C27H28N2O3/c30-27(21-5-4-6-21)29-17-15-25(16-18-29)31-24-12-9-20(10-13-24)22-11-14-26(28-19-22)32-23-7-2-1-3-8-23/h1-3,7-14,19,21,25H,4-6,15-18H2. The number of amides is 1. The maximum Gasteiger partial charge on any atom is 0.225 e. The summed E-state index contributed by atoms with van der Waals surface area (Å²) in [5.74, 6) is 2.85. The van der Waals surface area contributed by atoms with Crippen molar-refractivity contribution >= 4 is 5.91 Å². The average Bonchev–Trinajstić information content (AvgIpc) is 2.80. The molecule has 5 rings (SSSR count). The van der Waals surface area contributed by atoms with Crippen molar-refractivity contribution in [3.63, 3.8) is 0 Å². The first-order valence-electron chi connectivity index (χ1n) is 11.5. The molecular weight excluding hydrogens is 400 g/mol. The van der Waals surface area contributed by atoms with Crippen molar-refractivity contribution in [2.24, 2.45) is 5.92 Å². The molecule has 32 heavy (non-hydrogen) atoms. The third-order valence-electron chi connectivity index (χ3n) is 6.40. The van der Waals surface area contributed by atoms with Crippen LogP contribution in [0.3, 0.4) is 0 Å². The lowest BCUT2D eigenvalue weighted by Gasteiger charge is -2.36. The number of hydrogen-bond donors (Lipinski definition) is 0. The van der Waals surface area contributed by atoms with Gasteiger partial charge < -0.3 is 14.4 Å². The van der Waals surface area contributed by atoms with Crippen LogP contribution in [0, 0.1) is 5.92 Å². The second-order valence-electron chi connectivity index (χ2n) is 8.59. The van der Waals surface area contributed by atoms with Crippen LogP contribution in [0.1, 0.15) is 32.1 Å². The van der Waals surface area contributed by atoms with Crippen molar-refractivity contribution in [2.75, 3.05) is 13.1 Å². The Balaban J connectivity index is 1.14. The fraction of sp³-hybridized carbons (Fsp3) is 0.333. The van der Waals surface area contributed by atoms with Gasteiger partial charge in [0.1, 0.15) is 17.6 Å². The van der Waals surface area contributed by atoms with Crippen molar-refractivity contribution in [2.45, 2.75) is 38.2 Å². The second-order valence-corrected chi connectivity index (χ2v) is 8.59. The molecule has 0 bridgehead atoms. The minimum atomic E-state index is 0.169. The predicted molar refractivity (Wildman–Crippen MR) is 124 cm³/mol. The van der Waals surface area contributed by atoms with Gasteiger partial charge in [-0.05, 0) is 48.7 Å². The highest BCUT2D eigenvalue weighted by atomic mass is 16.5. The van der Waals surface area contributed by atoms with Crippen LogP contribution in [0.15, 0.2) is 72.9 Å². The topological polar surface area (TPSA) is 51.7 Å². The highest BCUT2D eigenvalue weighted by Gasteiger charge is 2.32. The molecule has 2 aromatic carbocycles. The molecule has 1 amide bonds. The zero-order valence-electron chi connectivity index (χ0n) is 18.2. The van der Waals surface area contributed by atoms with Gasteiger partial charge >= 0.3 is 0 Å². The molecule has 5 heteroatoms. The van der Waals surface area contributed by atoms with Crippen LogP contribution >= 0.6 is 0 Å². The molecule has 0 spiro atoms. The number of ether oxygens (including phenoxy) is 2. The summed E-state index contributed by atoms with van der Waals surface area (Å²) in [4.78, 5) is 18.9. The Kier molecular flexibility index (Phi) is 6.06. The Morgan fingerprint density at radius 2 is 1.53 bits per heavy atom. The van der Waals surface area contributed by atoms with Gasteiger partial charge in [0.2, 0.25) is 11.8 Å². The number of aromatic nitrogens is 1. The van der Waals surface area contributed by atoms with Gasteiger partial charge in [-0.3, -0.25) is 4.79 Å². The summed E-state index contributed by atoms with van der Waals surface area (Å²) in [7, 11) is 0. The molecule has 164 valence electrons. The fourth-order valence-corrected chi connectivity index (χ4v) is 4.25. The highest BCUT2D eigenvalue weighted by molar-refractivity contribution is 5.79. The molecule has 1 aromatic heterocycles. The first kappa shape index (κ1) is 20.6. The van der Waals surface area contributed by atoms with E-state index < -0.39 is 0 Å². The first-order chi connectivity index (χ1) is 15.7. The molecule has 0 unspecified atom stereocenters. The molecule has 3 aromatic rings. The summed E-state index contributed by atoms with van der Waals surface area (Å²) in [5, 5.41) is 0. The number of rotatable bonds is 6. The van der Waals surface area contributed by atoms with Gasteiger partial charge in [-0.25, -0.2) is 4.98 Å². The van der Waals surface area contributed by atoms with Gasteiger partial charge in [-0.1, -0.05) is 36.8 Å². The van der Waals surface area contributed by atoms with E-state index in [1.807, 2.05) is 65.7 Å². The summed E-state index contributed by atoms with van der Waals surface area (Å²) in [6, 6.07) is 21.7. The SMILES string of the molecule is O=C(C1CCC1)N1CCC(Oc2ccc(-c3ccc(Oc4ccccc4)nc3)cc2)CC1. The molecule has 0 radical (unpaired) electrons. The largest absolute Gasteiger partial charge is 0.490 e. The first-order valence-corrected chi connectivity index (χ1v) is 11.5. The van der Waals surface area contributed by atoms with E-state index in [1.54, 1.807) is 0 Å². The number of carbonyl (C=O) groups is 1. The van der Waals surface area contributed by atoms with E-state index in [9.17, 15) is 4.79 Å². The Morgan fingerprint density at radius 1 is 0.812 bits per heavy atom. The molecule has 1 saturated heterocycles. The zero-order valence-corrected chi connectivity index (χ0v) is 18.2. The van der Waals surface area contributed by atoms with Crippen LogP contribution in [0.4, 0.5) is 0 Å². The lowest BCUT2D eigenvalue weighted by molar-refractivity contribution is -0.140. The Labute approximate surface area is 189 Å². The zero-order chi connectivity index (χ0) is 21.8. The number of benzene rings is 2. The van der Waals surface area contributed by atoms with E-state index in [0.717, 1.165) is 61.4 Å². The number of piperidine rings is 1. The second kappa shape index (κ2) is 9.43. The van der Waals surface area contributed by atoms with Crippen LogP contribution in [-0.4, -0.2) is 35.0 Å². The minimum absolute atomic E-state index is 0.169. The number of nitrogens with zero attached hydrogens (tertiary/aromatic N) is 2. The van der Waals surface area contributed by atoms with Crippen LogP contribution in [0.25, 0.3) is 11.1 Å². The Morgan fingerprint density at radius 3 is 2.16 bits per heavy atom. The molecule has 2 fully saturated rings. The van der Waals surface area contributed by atoms with Crippen LogP contribution in [0.5, 0.6) is 17.4 Å². The minimum Gasteiger partial charge on any atom is -0.490 e. The van der Waals surface area contributed by atoms with Gasteiger partial charge in [0.05, 0.1) is 0 Å². The lowest BCUT2D eigenvalue weighted by Crippen LogP contribution is -2.45.